The highest BCUT2D eigenvalue weighted by molar-refractivity contribution is 5.35. The lowest BCUT2D eigenvalue weighted by atomic mass is 10.1. The van der Waals surface area contributed by atoms with Crippen molar-refractivity contribution in [3.05, 3.63) is 29.8 Å². The van der Waals surface area contributed by atoms with E-state index in [2.05, 4.69) is 0 Å². The predicted octanol–water partition coefficient (Wildman–Crippen LogP) is 1.04. The van der Waals surface area contributed by atoms with Gasteiger partial charge in [0, 0.05) is 18.2 Å². The Balaban J connectivity index is 2.90. The molecule has 3 nitrogen and oxygen atoms in total. The molecule has 13 heavy (non-hydrogen) atoms. The molecule has 0 fully saturated rings. The van der Waals surface area contributed by atoms with E-state index >= 15 is 0 Å². The van der Waals surface area contributed by atoms with E-state index in [0.717, 1.165) is 11.3 Å². The highest BCUT2D eigenvalue weighted by atomic mass is 16.5. The minimum absolute atomic E-state index is 0.136. The van der Waals surface area contributed by atoms with Crippen molar-refractivity contribution in [2.24, 2.45) is 11.5 Å². The zero-order chi connectivity index (χ0) is 9.68. The zero-order valence-electron chi connectivity index (χ0n) is 7.86. The molecule has 3 heteroatoms. The first-order valence-corrected chi connectivity index (χ1v) is 4.47. The second kappa shape index (κ2) is 4.84. The third kappa shape index (κ3) is 2.44. The number of hydrogen-bond donors (Lipinski definition) is 2. The van der Waals surface area contributed by atoms with Gasteiger partial charge in [0.05, 0.1) is 6.61 Å². The quantitative estimate of drug-likeness (QED) is 0.728. The summed E-state index contributed by atoms with van der Waals surface area (Å²) in [6.07, 6.45) is 0. The Morgan fingerprint density at radius 2 is 2.08 bits per heavy atom. The average Bonchev–Trinajstić information content (AvgIpc) is 2.18. The second-order valence-corrected chi connectivity index (χ2v) is 2.81. The first kappa shape index (κ1) is 10.0. The highest BCUT2D eigenvalue weighted by Gasteiger charge is 2.08. The average molecular weight is 180 g/mol. The summed E-state index contributed by atoms with van der Waals surface area (Å²) in [7, 11) is 0. The Morgan fingerprint density at radius 1 is 1.38 bits per heavy atom. The normalized spacial score (nSPS) is 12.5. The third-order valence-corrected chi connectivity index (χ3v) is 1.87. The largest absolute Gasteiger partial charge is 0.494 e. The summed E-state index contributed by atoms with van der Waals surface area (Å²) >= 11 is 0. The van der Waals surface area contributed by atoms with Gasteiger partial charge in [-0.1, -0.05) is 18.2 Å². The lowest BCUT2D eigenvalue weighted by Crippen LogP contribution is -2.21. The summed E-state index contributed by atoms with van der Waals surface area (Å²) in [5.74, 6) is 0.836. The van der Waals surface area contributed by atoms with Crippen molar-refractivity contribution in [3.8, 4) is 5.75 Å². The SMILES string of the molecule is CCOc1ccccc1[C@@H](N)CN. The Labute approximate surface area is 78.7 Å². The van der Waals surface area contributed by atoms with Gasteiger partial charge in [0.2, 0.25) is 0 Å². The van der Waals surface area contributed by atoms with E-state index in [1.54, 1.807) is 0 Å². The first-order chi connectivity index (χ1) is 6.29. The van der Waals surface area contributed by atoms with Crippen LogP contribution in [0.5, 0.6) is 5.75 Å². The monoisotopic (exact) mass is 180 g/mol. The van der Waals surface area contributed by atoms with E-state index in [1.165, 1.54) is 0 Å². The van der Waals surface area contributed by atoms with Gasteiger partial charge < -0.3 is 16.2 Å². The maximum Gasteiger partial charge on any atom is 0.124 e. The van der Waals surface area contributed by atoms with Crippen LogP contribution >= 0.6 is 0 Å². The van der Waals surface area contributed by atoms with Crippen LogP contribution in [0.4, 0.5) is 0 Å². The molecule has 0 spiro atoms. The fourth-order valence-corrected chi connectivity index (χ4v) is 1.20. The van der Waals surface area contributed by atoms with Crippen molar-refractivity contribution in [2.45, 2.75) is 13.0 Å². The Kier molecular flexibility index (Phi) is 3.73. The molecular weight excluding hydrogens is 164 g/mol. The molecule has 72 valence electrons. The molecule has 0 amide bonds. The van der Waals surface area contributed by atoms with Crippen molar-refractivity contribution in [1.82, 2.24) is 0 Å². The molecule has 1 atom stereocenters. The first-order valence-electron chi connectivity index (χ1n) is 4.47. The minimum Gasteiger partial charge on any atom is -0.494 e. The highest BCUT2D eigenvalue weighted by Crippen LogP contribution is 2.22. The van der Waals surface area contributed by atoms with Gasteiger partial charge in [-0.2, -0.15) is 0 Å². The molecule has 0 aliphatic rings. The fourth-order valence-electron chi connectivity index (χ4n) is 1.20. The second-order valence-electron chi connectivity index (χ2n) is 2.81. The van der Waals surface area contributed by atoms with E-state index < -0.39 is 0 Å². The Bertz CT molecular complexity index is 263. The number of rotatable bonds is 4. The van der Waals surface area contributed by atoms with Crippen LogP contribution < -0.4 is 16.2 Å². The molecular formula is C10H16N2O. The molecule has 0 saturated heterocycles. The van der Waals surface area contributed by atoms with Crippen LogP contribution in [0.15, 0.2) is 24.3 Å². The van der Waals surface area contributed by atoms with Crippen molar-refractivity contribution < 1.29 is 4.74 Å². The van der Waals surface area contributed by atoms with Gasteiger partial charge >= 0.3 is 0 Å². The van der Waals surface area contributed by atoms with Gasteiger partial charge in [-0.05, 0) is 13.0 Å². The van der Waals surface area contributed by atoms with Gasteiger partial charge in [0.25, 0.3) is 0 Å². The predicted molar refractivity (Wildman–Crippen MR) is 53.6 cm³/mol. The molecule has 1 aromatic carbocycles. The standard InChI is InChI=1S/C10H16N2O/c1-2-13-10-6-4-3-5-8(10)9(12)7-11/h3-6,9H,2,7,11-12H2,1H3/t9-/m0/s1. The van der Waals surface area contributed by atoms with Gasteiger partial charge in [-0.3, -0.25) is 0 Å². The lowest BCUT2D eigenvalue weighted by molar-refractivity contribution is 0.334. The van der Waals surface area contributed by atoms with Crippen molar-refractivity contribution in [2.75, 3.05) is 13.2 Å². The molecule has 0 saturated carbocycles. The number of nitrogens with two attached hydrogens (primary N) is 2. The van der Waals surface area contributed by atoms with Gasteiger partial charge in [0.15, 0.2) is 0 Å². The molecule has 0 aromatic heterocycles. The molecule has 0 unspecified atom stereocenters. The zero-order valence-corrected chi connectivity index (χ0v) is 7.86. The molecule has 4 N–H and O–H groups in total. The minimum atomic E-state index is -0.136. The molecule has 0 aliphatic carbocycles. The van der Waals surface area contributed by atoms with E-state index in [1.807, 2.05) is 31.2 Å². The number of benzene rings is 1. The number of ether oxygens (including phenoxy) is 1. The van der Waals surface area contributed by atoms with Crippen LogP contribution in [-0.2, 0) is 0 Å². The molecule has 0 aliphatic heterocycles. The summed E-state index contributed by atoms with van der Waals surface area (Å²) in [6, 6.07) is 7.59. The topological polar surface area (TPSA) is 61.3 Å². The van der Waals surface area contributed by atoms with E-state index in [-0.39, 0.29) is 6.04 Å². The van der Waals surface area contributed by atoms with Crippen LogP contribution in [0.1, 0.15) is 18.5 Å². The van der Waals surface area contributed by atoms with Crippen LogP contribution in [0, 0.1) is 0 Å². The van der Waals surface area contributed by atoms with Gasteiger partial charge in [-0.25, -0.2) is 0 Å². The van der Waals surface area contributed by atoms with Crippen molar-refractivity contribution in [3.63, 3.8) is 0 Å². The van der Waals surface area contributed by atoms with Crippen LogP contribution in [0.3, 0.4) is 0 Å². The van der Waals surface area contributed by atoms with Gasteiger partial charge in [0.1, 0.15) is 5.75 Å². The summed E-state index contributed by atoms with van der Waals surface area (Å²) in [4.78, 5) is 0. The number of para-hydroxylation sites is 1. The molecule has 0 bridgehead atoms. The molecule has 1 aromatic rings. The van der Waals surface area contributed by atoms with Crippen molar-refractivity contribution in [1.29, 1.82) is 0 Å². The third-order valence-electron chi connectivity index (χ3n) is 1.87. The number of hydrogen-bond acceptors (Lipinski definition) is 3. The van der Waals surface area contributed by atoms with E-state index in [0.29, 0.717) is 13.2 Å². The Morgan fingerprint density at radius 3 is 2.69 bits per heavy atom. The van der Waals surface area contributed by atoms with Crippen LogP contribution in [0.2, 0.25) is 0 Å². The van der Waals surface area contributed by atoms with Gasteiger partial charge in [-0.15, -0.1) is 0 Å². The maximum absolute atomic E-state index is 5.82. The van der Waals surface area contributed by atoms with E-state index in [9.17, 15) is 0 Å². The molecule has 0 heterocycles. The van der Waals surface area contributed by atoms with Crippen molar-refractivity contribution >= 4 is 0 Å². The molecule has 1 rings (SSSR count). The fraction of sp³-hybridized carbons (Fsp3) is 0.400. The summed E-state index contributed by atoms with van der Waals surface area (Å²) in [6.45, 7) is 3.03. The lowest BCUT2D eigenvalue weighted by Gasteiger charge is -2.14. The molecule has 0 radical (unpaired) electrons. The maximum atomic E-state index is 5.82. The summed E-state index contributed by atoms with van der Waals surface area (Å²) in [5.41, 5.74) is 12.3. The summed E-state index contributed by atoms with van der Waals surface area (Å²) in [5, 5.41) is 0. The smallest absolute Gasteiger partial charge is 0.124 e. The van der Waals surface area contributed by atoms with Crippen LogP contribution in [0.25, 0.3) is 0 Å². The van der Waals surface area contributed by atoms with Crippen LogP contribution in [-0.4, -0.2) is 13.2 Å². The summed E-state index contributed by atoms with van der Waals surface area (Å²) < 4.78 is 5.42. The Hall–Kier alpha value is -1.06. The van der Waals surface area contributed by atoms with E-state index in [4.69, 9.17) is 16.2 Å².